The minimum atomic E-state index is 0.493. The van der Waals surface area contributed by atoms with Crippen LogP contribution in [0, 0.1) is 11.3 Å². The summed E-state index contributed by atoms with van der Waals surface area (Å²) in [6.07, 6.45) is 0. The van der Waals surface area contributed by atoms with Crippen molar-refractivity contribution < 1.29 is 0 Å². The third kappa shape index (κ3) is 2.43. The zero-order valence-electron chi connectivity index (χ0n) is 10.3. The molecule has 0 fully saturated rings. The highest BCUT2D eigenvalue weighted by Gasteiger charge is 2.04. The third-order valence-corrected chi connectivity index (χ3v) is 2.39. The van der Waals surface area contributed by atoms with Crippen LogP contribution >= 0.6 is 0 Å². The van der Waals surface area contributed by atoms with Gasteiger partial charge in [0.25, 0.3) is 0 Å². The molecule has 1 heterocycles. The van der Waals surface area contributed by atoms with Crippen LogP contribution < -0.4 is 0 Å². The van der Waals surface area contributed by atoms with Crippen LogP contribution in [0.1, 0.15) is 44.9 Å². The number of hydrogen-bond acceptors (Lipinski definition) is 1. The second-order valence-corrected chi connectivity index (χ2v) is 3.79. The molecule has 0 aliphatic carbocycles. The van der Waals surface area contributed by atoms with Gasteiger partial charge in [0.05, 0.1) is 11.6 Å². The van der Waals surface area contributed by atoms with Crippen molar-refractivity contribution in [3.8, 4) is 6.07 Å². The highest BCUT2D eigenvalue weighted by Crippen LogP contribution is 2.21. The molecule has 0 aliphatic rings. The Bertz CT molecular complexity index is 501. The Labute approximate surface area is 96.9 Å². The number of H-pyrrole nitrogens is 1. The van der Waals surface area contributed by atoms with E-state index >= 15 is 0 Å². The van der Waals surface area contributed by atoms with Crippen LogP contribution in [0.2, 0.25) is 0 Å². The minimum Gasteiger partial charge on any atom is -0.358 e. The molecule has 0 atom stereocenters. The lowest BCUT2D eigenvalue weighted by atomic mass is 10.1. The van der Waals surface area contributed by atoms with Gasteiger partial charge in [-0.05, 0) is 29.5 Å². The quantitative estimate of drug-likeness (QED) is 0.759. The van der Waals surface area contributed by atoms with Crippen molar-refractivity contribution in [2.75, 3.05) is 0 Å². The Morgan fingerprint density at radius 3 is 2.44 bits per heavy atom. The molecule has 0 amide bonds. The van der Waals surface area contributed by atoms with Crippen molar-refractivity contribution in [1.29, 1.82) is 5.26 Å². The molecule has 0 saturated heterocycles. The van der Waals surface area contributed by atoms with Crippen molar-refractivity contribution >= 4 is 10.9 Å². The summed E-state index contributed by atoms with van der Waals surface area (Å²) in [5, 5.41) is 9.92. The molecule has 2 nitrogen and oxygen atoms in total. The van der Waals surface area contributed by atoms with Crippen molar-refractivity contribution in [3.05, 3.63) is 35.5 Å². The summed E-state index contributed by atoms with van der Waals surface area (Å²) in [6, 6.07) is 10.00. The minimum absolute atomic E-state index is 0.493. The summed E-state index contributed by atoms with van der Waals surface area (Å²) in [4.78, 5) is 3.32. The highest BCUT2D eigenvalue weighted by atomic mass is 14.7. The monoisotopic (exact) mass is 214 g/mol. The average Bonchev–Trinajstić information content (AvgIpc) is 2.74. The summed E-state index contributed by atoms with van der Waals surface area (Å²) in [7, 11) is 0. The predicted molar refractivity (Wildman–Crippen MR) is 68.5 cm³/mol. The van der Waals surface area contributed by atoms with E-state index in [0.717, 1.165) is 5.52 Å². The van der Waals surface area contributed by atoms with Gasteiger partial charge in [0.1, 0.15) is 0 Å². The summed E-state index contributed by atoms with van der Waals surface area (Å²) in [6.45, 7) is 8.30. The van der Waals surface area contributed by atoms with E-state index in [4.69, 9.17) is 5.26 Å². The standard InChI is InChI=1S/C12H12N2.C2H6/c1-8(2)11-6-10-4-3-9(7-13)5-12(10)14-11;1-2/h3-6,8,14H,1-2H3;1-2H3. The number of benzene rings is 1. The second-order valence-electron chi connectivity index (χ2n) is 3.79. The van der Waals surface area contributed by atoms with Crippen LogP contribution in [0.4, 0.5) is 0 Å². The lowest BCUT2D eigenvalue weighted by molar-refractivity contribution is 0.836. The van der Waals surface area contributed by atoms with Gasteiger partial charge in [0.2, 0.25) is 0 Å². The van der Waals surface area contributed by atoms with Crippen LogP contribution in [0.5, 0.6) is 0 Å². The normalized spacial score (nSPS) is 9.75. The van der Waals surface area contributed by atoms with Gasteiger partial charge in [-0.25, -0.2) is 0 Å². The molecular weight excluding hydrogens is 196 g/mol. The van der Waals surface area contributed by atoms with E-state index in [1.807, 2.05) is 32.0 Å². The molecule has 0 spiro atoms. The fraction of sp³-hybridized carbons (Fsp3) is 0.357. The van der Waals surface area contributed by atoms with Crippen LogP contribution in [0.15, 0.2) is 24.3 Å². The fourth-order valence-electron chi connectivity index (χ4n) is 1.53. The van der Waals surface area contributed by atoms with Gasteiger partial charge in [-0.3, -0.25) is 0 Å². The van der Waals surface area contributed by atoms with Gasteiger partial charge in [0, 0.05) is 11.2 Å². The molecule has 0 radical (unpaired) electrons. The predicted octanol–water partition coefficient (Wildman–Crippen LogP) is 4.19. The Balaban J connectivity index is 0.000000606. The first-order valence-electron chi connectivity index (χ1n) is 5.73. The molecule has 2 heteroatoms. The number of rotatable bonds is 1. The molecule has 0 bridgehead atoms. The van der Waals surface area contributed by atoms with E-state index in [0.29, 0.717) is 11.5 Å². The molecule has 84 valence electrons. The van der Waals surface area contributed by atoms with Crippen LogP contribution in [0.25, 0.3) is 10.9 Å². The number of hydrogen-bond donors (Lipinski definition) is 1. The van der Waals surface area contributed by atoms with Gasteiger partial charge in [-0.2, -0.15) is 5.26 Å². The van der Waals surface area contributed by atoms with Crippen LogP contribution in [0.3, 0.4) is 0 Å². The lowest BCUT2D eigenvalue weighted by Gasteiger charge is -1.97. The molecule has 2 aromatic rings. The molecule has 2 rings (SSSR count). The van der Waals surface area contributed by atoms with E-state index in [1.54, 1.807) is 0 Å². The van der Waals surface area contributed by atoms with Gasteiger partial charge in [-0.15, -0.1) is 0 Å². The molecule has 0 saturated carbocycles. The number of fused-ring (bicyclic) bond motifs is 1. The molecule has 1 aromatic carbocycles. The average molecular weight is 214 g/mol. The molecule has 1 aromatic heterocycles. The van der Waals surface area contributed by atoms with Crippen molar-refractivity contribution in [3.63, 3.8) is 0 Å². The van der Waals surface area contributed by atoms with Gasteiger partial charge >= 0.3 is 0 Å². The summed E-state index contributed by atoms with van der Waals surface area (Å²) in [5.74, 6) is 0.493. The molecule has 0 unspecified atom stereocenters. The number of nitrogens with zero attached hydrogens (tertiary/aromatic N) is 1. The Morgan fingerprint density at radius 2 is 1.88 bits per heavy atom. The lowest BCUT2D eigenvalue weighted by Crippen LogP contribution is -1.84. The number of aromatic amines is 1. The van der Waals surface area contributed by atoms with Gasteiger partial charge < -0.3 is 4.98 Å². The topological polar surface area (TPSA) is 39.6 Å². The van der Waals surface area contributed by atoms with Crippen molar-refractivity contribution in [1.82, 2.24) is 4.98 Å². The maximum absolute atomic E-state index is 8.75. The zero-order valence-corrected chi connectivity index (χ0v) is 10.3. The number of nitrogens with one attached hydrogen (secondary N) is 1. The van der Waals surface area contributed by atoms with Gasteiger partial charge in [0.15, 0.2) is 0 Å². The smallest absolute Gasteiger partial charge is 0.0992 e. The van der Waals surface area contributed by atoms with Crippen molar-refractivity contribution in [2.45, 2.75) is 33.6 Å². The van der Waals surface area contributed by atoms with E-state index in [1.165, 1.54) is 11.1 Å². The molecule has 0 aliphatic heterocycles. The van der Waals surface area contributed by atoms with Crippen LogP contribution in [-0.4, -0.2) is 4.98 Å². The summed E-state index contributed by atoms with van der Waals surface area (Å²) >= 11 is 0. The number of aromatic nitrogens is 1. The second kappa shape index (κ2) is 5.37. The van der Waals surface area contributed by atoms with E-state index in [-0.39, 0.29) is 0 Å². The van der Waals surface area contributed by atoms with E-state index in [2.05, 4.69) is 31.0 Å². The first-order chi connectivity index (χ1) is 7.70. The molecule has 1 N–H and O–H groups in total. The maximum atomic E-state index is 8.75. The largest absolute Gasteiger partial charge is 0.358 e. The first kappa shape index (κ1) is 12.3. The molecular formula is C14H18N2. The summed E-state index contributed by atoms with van der Waals surface area (Å²) in [5.41, 5.74) is 2.97. The SMILES string of the molecule is CC.CC(C)c1cc2ccc(C#N)cc2[nH]1. The number of nitriles is 1. The van der Waals surface area contributed by atoms with Crippen molar-refractivity contribution in [2.24, 2.45) is 0 Å². The van der Waals surface area contributed by atoms with E-state index in [9.17, 15) is 0 Å². The first-order valence-corrected chi connectivity index (χ1v) is 5.73. The zero-order chi connectivity index (χ0) is 12.1. The third-order valence-electron chi connectivity index (χ3n) is 2.39. The summed E-state index contributed by atoms with van der Waals surface area (Å²) < 4.78 is 0. The van der Waals surface area contributed by atoms with E-state index < -0.39 is 0 Å². The Kier molecular flexibility index (Phi) is 4.13. The highest BCUT2D eigenvalue weighted by molar-refractivity contribution is 5.81. The maximum Gasteiger partial charge on any atom is 0.0992 e. The fourth-order valence-corrected chi connectivity index (χ4v) is 1.53. The Hall–Kier alpha value is -1.75. The molecule has 16 heavy (non-hydrogen) atoms. The van der Waals surface area contributed by atoms with Gasteiger partial charge in [-0.1, -0.05) is 33.8 Å². The van der Waals surface area contributed by atoms with Crippen LogP contribution in [-0.2, 0) is 0 Å². The Morgan fingerprint density at radius 1 is 1.19 bits per heavy atom.